The first-order valence-corrected chi connectivity index (χ1v) is 10.4. The number of benzene rings is 1. The van der Waals surface area contributed by atoms with Gasteiger partial charge in [0.2, 0.25) is 0 Å². The molecule has 3 heterocycles. The van der Waals surface area contributed by atoms with Crippen LogP contribution in [0.5, 0.6) is 0 Å². The lowest BCUT2D eigenvalue weighted by atomic mass is 9.95. The van der Waals surface area contributed by atoms with Crippen molar-refractivity contribution in [2.45, 2.75) is 45.1 Å². The van der Waals surface area contributed by atoms with Crippen LogP contribution in [0.25, 0.3) is 28.2 Å². The quantitative estimate of drug-likeness (QED) is 0.505. The molecule has 0 atom stereocenters. The number of rotatable bonds is 4. The van der Waals surface area contributed by atoms with Crippen LogP contribution in [0, 0.1) is 6.92 Å². The summed E-state index contributed by atoms with van der Waals surface area (Å²) in [7, 11) is 0. The van der Waals surface area contributed by atoms with Crippen molar-refractivity contribution in [1.82, 2.24) is 19.6 Å². The summed E-state index contributed by atoms with van der Waals surface area (Å²) in [5.74, 6) is 0.926. The zero-order valence-corrected chi connectivity index (χ0v) is 16.7. The second-order valence-corrected chi connectivity index (χ2v) is 7.88. The number of pyridine rings is 1. The molecule has 146 valence electrons. The van der Waals surface area contributed by atoms with Crippen LogP contribution in [0.4, 0.5) is 5.82 Å². The summed E-state index contributed by atoms with van der Waals surface area (Å²) < 4.78 is 1.93. The van der Waals surface area contributed by atoms with Gasteiger partial charge < -0.3 is 5.32 Å². The van der Waals surface area contributed by atoms with Gasteiger partial charge in [-0.05, 0) is 50.1 Å². The molecule has 5 heteroatoms. The van der Waals surface area contributed by atoms with Gasteiger partial charge >= 0.3 is 0 Å². The number of aryl methyl sites for hydroxylation is 1. The number of nitrogens with one attached hydrogen (secondary N) is 1. The van der Waals surface area contributed by atoms with Gasteiger partial charge in [0.15, 0.2) is 5.65 Å². The molecule has 1 N–H and O–H groups in total. The molecule has 1 saturated carbocycles. The minimum absolute atomic E-state index is 0.517. The Morgan fingerprint density at radius 3 is 2.69 bits per heavy atom. The standard InChI is InChI=1S/C24H25N5/c1-17-7-5-8-18(15-17)23-24(29-22(28-23)11-6-13-26-29)19-12-14-25-21(16-19)27-20-9-3-2-4-10-20/h5-8,11-16,20H,2-4,9-10H2,1H3,(H,25,27). The van der Waals surface area contributed by atoms with Gasteiger partial charge in [-0.1, -0.05) is 43.0 Å². The van der Waals surface area contributed by atoms with Crippen molar-refractivity contribution < 1.29 is 0 Å². The van der Waals surface area contributed by atoms with Crippen molar-refractivity contribution in [2.24, 2.45) is 0 Å². The fourth-order valence-electron chi connectivity index (χ4n) is 4.25. The number of hydrogen-bond donors (Lipinski definition) is 1. The maximum atomic E-state index is 4.91. The Kier molecular flexibility index (Phi) is 4.72. The van der Waals surface area contributed by atoms with E-state index in [2.05, 4.69) is 52.7 Å². The highest BCUT2D eigenvalue weighted by atomic mass is 15.3. The first-order valence-electron chi connectivity index (χ1n) is 10.4. The Labute approximate surface area is 170 Å². The van der Waals surface area contributed by atoms with E-state index in [1.54, 1.807) is 6.20 Å². The van der Waals surface area contributed by atoms with Crippen molar-refractivity contribution in [3.05, 3.63) is 66.5 Å². The maximum absolute atomic E-state index is 4.91. The molecule has 0 saturated heterocycles. The third-order valence-corrected chi connectivity index (χ3v) is 5.68. The predicted octanol–water partition coefficient (Wildman–Crippen LogP) is 5.51. The van der Waals surface area contributed by atoms with Crippen LogP contribution < -0.4 is 5.32 Å². The Balaban J connectivity index is 1.61. The van der Waals surface area contributed by atoms with Crippen LogP contribution in [0.1, 0.15) is 37.7 Å². The van der Waals surface area contributed by atoms with Gasteiger partial charge in [0, 0.05) is 29.6 Å². The van der Waals surface area contributed by atoms with E-state index in [-0.39, 0.29) is 0 Å². The molecule has 0 radical (unpaired) electrons. The van der Waals surface area contributed by atoms with Gasteiger partial charge in [0.05, 0.1) is 5.69 Å². The van der Waals surface area contributed by atoms with E-state index in [0.717, 1.165) is 34.0 Å². The molecule has 1 aromatic carbocycles. The molecule has 0 bridgehead atoms. The SMILES string of the molecule is Cc1cccc(-c2nc3cccnn3c2-c2ccnc(NC3CCCCC3)c2)c1. The van der Waals surface area contributed by atoms with E-state index in [1.807, 2.05) is 28.9 Å². The topological polar surface area (TPSA) is 55.1 Å². The van der Waals surface area contributed by atoms with Crippen molar-refractivity contribution in [3.8, 4) is 22.5 Å². The highest BCUT2D eigenvalue weighted by molar-refractivity contribution is 5.82. The number of imidazole rings is 1. The van der Waals surface area contributed by atoms with E-state index in [1.165, 1.54) is 37.7 Å². The average molecular weight is 383 g/mol. The highest BCUT2D eigenvalue weighted by Gasteiger charge is 2.18. The third kappa shape index (κ3) is 3.60. The summed E-state index contributed by atoms with van der Waals surface area (Å²) in [6.07, 6.45) is 10.1. The zero-order chi connectivity index (χ0) is 19.6. The fraction of sp³-hybridized carbons (Fsp3) is 0.292. The minimum Gasteiger partial charge on any atom is -0.367 e. The van der Waals surface area contributed by atoms with Crippen LogP contribution >= 0.6 is 0 Å². The maximum Gasteiger partial charge on any atom is 0.154 e. The monoisotopic (exact) mass is 383 g/mol. The normalized spacial score (nSPS) is 14.9. The molecule has 0 unspecified atom stereocenters. The summed E-state index contributed by atoms with van der Waals surface area (Å²) in [5, 5.41) is 8.22. The number of nitrogens with zero attached hydrogens (tertiary/aromatic N) is 4. The summed E-state index contributed by atoms with van der Waals surface area (Å²) in [4.78, 5) is 9.48. The van der Waals surface area contributed by atoms with Crippen molar-refractivity contribution in [1.29, 1.82) is 0 Å². The molecule has 0 spiro atoms. The fourth-order valence-corrected chi connectivity index (χ4v) is 4.25. The number of fused-ring (bicyclic) bond motifs is 1. The van der Waals surface area contributed by atoms with Crippen molar-refractivity contribution in [2.75, 3.05) is 5.32 Å². The van der Waals surface area contributed by atoms with E-state index in [0.29, 0.717) is 6.04 Å². The number of aromatic nitrogens is 4. The molecule has 3 aromatic heterocycles. The molecular formula is C24H25N5. The van der Waals surface area contributed by atoms with Crippen LogP contribution in [-0.2, 0) is 0 Å². The summed E-state index contributed by atoms with van der Waals surface area (Å²) in [6, 6.07) is 17.1. The molecule has 0 aliphatic heterocycles. The molecule has 5 rings (SSSR count). The van der Waals surface area contributed by atoms with E-state index < -0.39 is 0 Å². The second kappa shape index (κ2) is 7.66. The number of hydrogen-bond acceptors (Lipinski definition) is 4. The van der Waals surface area contributed by atoms with Crippen LogP contribution in [0.2, 0.25) is 0 Å². The average Bonchev–Trinajstić information content (AvgIpc) is 3.14. The van der Waals surface area contributed by atoms with Crippen LogP contribution in [-0.4, -0.2) is 25.6 Å². The molecule has 1 aliphatic rings. The Morgan fingerprint density at radius 1 is 0.931 bits per heavy atom. The van der Waals surface area contributed by atoms with Crippen LogP contribution in [0.15, 0.2) is 60.9 Å². The van der Waals surface area contributed by atoms with Crippen molar-refractivity contribution in [3.63, 3.8) is 0 Å². The van der Waals surface area contributed by atoms with Crippen molar-refractivity contribution >= 4 is 11.5 Å². The Bertz CT molecular complexity index is 1140. The van der Waals surface area contributed by atoms with E-state index in [4.69, 9.17) is 4.98 Å². The van der Waals surface area contributed by atoms with Gasteiger partial charge in [-0.3, -0.25) is 0 Å². The lowest BCUT2D eigenvalue weighted by molar-refractivity contribution is 0.462. The number of anilines is 1. The first-order chi connectivity index (χ1) is 14.3. The molecule has 29 heavy (non-hydrogen) atoms. The minimum atomic E-state index is 0.517. The zero-order valence-electron chi connectivity index (χ0n) is 16.7. The van der Waals surface area contributed by atoms with E-state index >= 15 is 0 Å². The summed E-state index contributed by atoms with van der Waals surface area (Å²) in [6.45, 7) is 2.11. The molecule has 5 nitrogen and oxygen atoms in total. The molecule has 1 fully saturated rings. The second-order valence-electron chi connectivity index (χ2n) is 7.88. The lowest BCUT2D eigenvalue weighted by Gasteiger charge is -2.23. The van der Waals surface area contributed by atoms with Gasteiger partial charge in [-0.2, -0.15) is 5.10 Å². The lowest BCUT2D eigenvalue weighted by Crippen LogP contribution is -2.22. The van der Waals surface area contributed by atoms with Gasteiger partial charge in [-0.15, -0.1) is 0 Å². The van der Waals surface area contributed by atoms with Gasteiger partial charge in [0.1, 0.15) is 11.5 Å². The predicted molar refractivity (Wildman–Crippen MR) is 117 cm³/mol. The highest BCUT2D eigenvalue weighted by Crippen LogP contribution is 2.33. The van der Waals surface area contributed by atoms with E-state index in [9.17, 15) is 0 Å². The molecule has 1 aliphatic carbocycles. The third-order valence-electron chi connectivity index (χ3n) is 5.68. The van der Waals surface area contributed by atoms with Gasteiger partial charge in [-0.25, -0.2) is 14.5 Å². The largest absolute Gasteiger partial charge is 0.367 e. The van der Waals surface area contributed by atoms with Gasteiger partial charge in [0.25, 0.3) is 0 Å². The molecule has 0 amide bonds. The Hall–Kier alpha value is -3.21. The van der Waals surface area contributed by atoms with Crippen LogP contribution in [0.3, 0.4) is 0 Å². The Morgan fingerprint density at radius 2 is 1.83 bits per heavy atom. The molecular weight excluding hydrogens is 358 g/mol. The first kappa shape index (κ1) is 17.9. The smallest absolute Gasteiger partial charge is 0.154 e. The summed E-state index contributed by atoms with van der Waals surface area (Å²) >= 11 is 0. The molecule has 4 aromatic rings. The summed E-state index contributed by atoms with van der Waals surface area (Å²) in [5.41, 5.74) is 6.18.